The van der Waals surface area contributed by atoms with Gasteiger partial charge in [0.1, 0.15) is 0 Å². The molecule has 0 unspecified atom stereocenters. The Labute approximate surface area is 153 Å². The van der Waals surface area contributed by atoms with Crippen LogP contribution in [0.3, 0.4) is 0 Å². The van der Waals surface area contributed by atoms with Crippen LogP contribution < -0.4 is 5.32 Å². The summed E-state index contributed by atoms with van der Waals surface area (Å²) in [4.78, 5) is 11.9. The van der Waals surface area contributed by atoms with Crippen LogP contribution in [-0.2, 0) is 17.5 Å². The first-order valence-electron chi connectivity index (χ1n) is 7.90. The maximum absolute atomic E-state index is 13.0. The predicted octanol–water partition coefficient (Wildman–Crippen LogP) is 3.25. The van der Waals surface area contributed by atoms with Crippen LogP contribution in [0.4, 0.5) is 23.2 Å². The number of aryl methyl sites for hydroxylation is 1. The number of nitriles is 1. The summed E-state index contributed by atoms with van der Waals surface area (Å²) in [6.07, 6.45) is -4.61. The van der Waals surface area contributed by atoms with E-state index in [9.17, 15) is 27.5 Å². The lowest BCUT2D eigenvalue weighted by Gasteiger charge is -2.16. The summed E-state index contributed by atoms with van der Waals surface area (Å²) in [7, 11) is 0. The molecule has 0 radical (unpaired) electrons. The highest BCUT2D eigenvalue weighted by Gasteiger charge is 2.34. The topological polar surface area (TPSA) is 90.9 Å². The van der Waals surface area contributed by atoms with Crippen molar-refractivity contribution >= 4 is 11.6 Å². The number of amides is 1. The first kappa shape index (κ1) is 22.1. The van der Waals surface area contributed by atoms with E-state index in [4.69, 9.17) is 5.26 Å². The van der Waals surface area contributed by atoms with Crippen LogP contribution in [0.1, 0.15) is 30.5 Å². The molecule has 2 rings (SSSR count). The Hall–Kier alpha value is -2.93. The molecule has 6 nitrogen and oxygen atoms in total. The maximum Gasteiger partial charge on any atom is 0.417 e. The highest BCUT2D eigenvalue weighted by Crippen LogP contribution is 2.35. The number of rotatable bonds is 4. The molecule has 0 saturated carbocycles. The van der Waals surface area contributed by atoms with E-state index in [0.29, 0.717) is 6.07 Å². The molecule has 2 N–H and O–H groups in total. The first-order valence-corrected chi connectivity index (χ1v) is 7.90. The van der Waals surface area contributed by atoms with E-state index in [0.717, 1.165) is 23.1 Å². The molecule has 0 bridgehead atoms. The van der Waals surface area contributed by atoms with Crippen molar-refractivity contribution in [2.45, 2.75) is 39.6 Å². The molecule has 2 aromatic rings. The molecule has 1 aromatic heterocycles. The van der Waals surface area contributed by atoms with Gasteiger partial charge in [-0.25, -0.2) is 4.39 Å². The summed E-state index contributed by atoms with van der Waals surface area (Å²) in [6.45, 7) is 5.03. The zero-order valence-corrected chi connectivity index (χ0v) is 14.8. The lowest BCUT2D eigenvalue weighted by atomic mass is 10.0. The molecule has 10 heteroatoms. The average Bonchev–Trinajstić information content (AvgIpc) is 3.01. The van der Waals surface area contributed by atoms with Gasteiger partial charge in [-0.05, 0) is 24.6 Å². The molecular weight excluding hydrogens is 368 g/mol. The second kappa shape index (κ2) is 9.14. The Bertz CT molecular complexity index is 840. The van der Waals surface area contributed by atoms with E-state index in [1.54, 1.807) is 0 Å². The average molecular weight is 386 g/mol. The van der Waals surface area contributed by atoms with Crippen LogP contribution in [0.2, 0.25) is 0 Å². The maximum atomic E-state index is 13.0. The fourth-order valence-electron chi connectivity index (χ4n) is 2.08. The Morgan fingerprint density at radius 1 is 1.41 bits per heavy atom. The van der Waals surface area contributed by atoms with Crippen molar-refractivity contribution in [2.75, 3.05) is 5.32 Å². The van der Waals surface area contributed by atoms with Gasteiger partial charge in [0.05, 0.1) is 36.1 Å². The van der Waals surface area contributed by atoms with E-state index < -0.39 is 35.1 Å². The molecule has 0 fully saturated rings. The number of alkyl halides is 3. The van der Waals surface area contributed by atoms with Crippen LogP contribution in [0.5, 0.6) is 0 Å². The van der Waals surface area contributed by atoms with Crippen molar-refractivity contribution in [3.8, 4) is 6.07 Å². The third kappa shape index (κ3) is 5.79. The van der Waals surface area contributed by atoms with E-state index in [1.165, 1.54) is 13.0 Å². The van der Waals surface area contributed by atoms with Gasteiger partial charge < -0.3 is 10.4 Å². The summed E-state index contributed by atoms with van der Waals surface area (Å²) in [5, 5.41) is 24.3. The van der Waals surface area contributed by atoms with E-state index >= 15 is 0 Å². The summed E-state index contributed by atoms with van der Waals surface area (Å²) in [6, 6.07) is 3.08. The fraction of sp³-hybridized carbons (Fsp3) is 0.353. The number of anilines is 1. The molecule has 1 amide bonds. The third-order valence-electron chi connectivity index (χ3n) is 3.31. The quantitative estimate of drug-likeness (QED) is 0.790. The standard InChI is InChI=1S/C15H12F4N4O2.C2H6/c1-8-2-9(4-20)11(15(17,18)19)3-12(8)22-14(25)13(24)7-23-6-10(16)5-21-23;1-2/h2-3,5-6,13,24H,7H2,1H3,(H,22,25);1-2H3/t13-;/m0./s1. The van der Waals surface area contributed by atoms with Gasteiger partial charge in [0.15, 0.2) is 11.9 Å². The molecule has 0 spiro atoms. The monoisotopic (exact) mass is 386 g/mol. The predicted molar refractivity (Wildman–Crippen MR) is 89.1 cm³/mol. The number of nitrogens with zero attached hydrogens (tertiary/aromatic N) is 3. The first-order chi connectivity index (χ1) is 12.6. The highest BCUT2D eigenvalue weighted by molar-refractivity contribution is 5.94. The fourth-order valence-corrected chi connectivity index (χ4v) is 2.08. The van der Waals surface area contributed by atoms with Gasteiger partial charge in [-0.15, -0.1) is 0 Å². The number of hydrogen-bond acceptors (Lipinski definition) is 4. The van der Waals surface area contributed by atoms with Crippen molar-refractivity contribution in [1.29, 1.82) is 5.26 Å². The minimum atomic E-state index is -4.77. The van der Waals surface area contributed by atoms with E-state index in [-0.39, 0.29) is 17.8 Å². The number of carbonyl (C=O) groups is 1. The molecule has 1 aromatic carbocycles. The normalized spacial score (nSPS) is 11.8. The van der Waals surface area contributed by atoms with Crippen molar-refractivity contribution in [3.05, 3.63) is 47.0 Å². The zero-order valence-electron chi connectivity index (χ0n) is 14.8. The minimum absolute atomic E-state index is 0.193. The molecular formula is C17H18F4N4O2. The summed E-state index contributed by atoms with van der Waals surface area (Å²) >= 11 is 0. The molecule has 0 aliphatic rings. The van der Waals surface area contributed by atoms with Gasteiger partial charge >= 0.3 is 6.18 Å². The molecule has 1 atom stereocenters. The van der Waals surface area contributed by atoms with Gasteiger partial charge in [-0.3, -0.25) is 9.48 Å². The summed E-state index contributed by atoms with van der Waals surface area (Å²) < 4.78 is 52.7. The van der Waals surface area contributed by atoms with Crippen molar-refractivity contribution in [2.24, 2.45) is 0 Å². The van der Waals surface area contributed by atoms with Crippen LogP contribution >= 0.6 is 0 Å². The Balaban J connectivity index is 0.00000176. The number of halogens is 4. The minimum Gasteiger partial charge on any atom is -0.381 e. The second-order valence-electron chi connectivity index (χ2n) is 5.21. The zero-order chi connectivity index (χ0) is 20.8. The number of carbonyl (C=O) groups excluding carboxylic acids is 1. The Morgan fingerprint density at radius 2 is 2.04 bits per heavy atom. The number of aliphatic hydroxyl groups excluding tert-OH is 1. The molecule has 0 aliphatic carbocycles. The van der Waals surface area contributed by atoms with Crippen molar-refractivity contribution in [3.63, 3.8) is 0 Å². The number of nitrogens with one attached hydrogen (secondary N) is 1. The van der Waals surface area contributed by atoms with Gasteiger partial charge in [0.25, 0.3) is 5.91 Å². The largest absolute Gasteiger partial charge is 0.417 e. The Kier molecular flexibility index (Phi) is 7.48. The SMILES string of the molecule is CC.Cc1cc(C#N)c(C(F)(F)F)cc1NC(=O)[C@@H](O)Cn1cc(F)cn1. The molecule has 0 saturated heterocycles. The van der Waals surface area contributed by atoms with Crippen LogP contribution in [0, 0.1) is 24.1 Å². The number of benzene rings is 1. The number of aliphatic hydroxyl groups is 1. The van der Waals surface area contributed by atoms with Crippen molar-refractivity contribution in [1.82, 2.24) is 9.78 Å². The third-order valence-corrected chi connectivity index (χ3v) is 3.31. The number of hydrogen-bond donors (Lipinski definition) is 2. The van der Waals surface area contributed by atoms with Gasteiger partial charge in [-0.2, -0.15) is 23.5 Å². The smallest absolute Gasteiger partial charge is 0.381 e. The van der Waals surface area contributed by atoms with Gasteiger partial charge in [0.2, 0.25) is 0 Å². The lowest BCUT2D eigenvalue weighted by Crippen LogP contribution is -2.32. The van der Waals surface area contributed by atoms with Crippen LogP contribution in [0.15, 0.2) is 24.5 Å². The summed E-state index contributed by atoms with van der Waals surface area (Å²) in [5.74, 6) is -1.65. The second-order valence-corrected chi connectivity index (χ2v) is 5.21. The van der Waals surface area contributed by atoms with Crippen LogP contribution in [0.25, 0.3) is 0 Å². The van der Waals surface area contributed by atoms with E-state index in [1.807, 2.05) is 13.8 Å². The van der Waals surface area contributed by atoms with Crippen LogP contribution in [-0.4, -0.2) is 26.9 Å². The van der Waals surface area contributed by atoms with E-state index in [2.05, 4.69) is 10.4 Å². The summed E-state index contributed by atoms with van der Waals surface area (Å²) in [5.41, 5.74) is -1.74. The van der Waals surface area contributed by atoms with Crippen molar-refractivity contribution < 1.29 is 27.5 Å². The number of aromatic nitrogens is 2. The molecule has 1 heterocycles. The highest BCUT2D eigenvalue weighted by atomic mass is 19.4. The van der Waals surface area contributed by atoms with Gasteiger partial charge in [0, 0.05) is 5.69 Å². The molecule has 146 valence electrons. The molecule has 27 heavy (non-hydrogen) atoms. The molecule has 0 aliphatic heterocycles. The Morgan fingerprint density at radius 3 is 2.52 bits per heavy atom. The lowest BCUT2D eigenvalue weighted by molar-refractivity contribution is -0.137. The van der Waals surface area contributed by atoms with Gasteiger partial charge in [-0.1, -0.05) is 13.8 Å².